The first-order valence-corrected chi connectivity index (χ1v) is 7.84. The zero-order valence-corrected chi connectivity index (χ0v) is 13.5. The van der Waals surface area contributed by atoms with Gasteiger partial charge in [0.25, 0.3) is 5.91 Å². The van der Waals surface area contributed by atoms with E-state index in [1.54, 1.807) is 19.1 Å². The summed E-state index contributed by atoms with van der Waals surface area (Å²) in [6.07, 6.45) is 0. The molecule has 1 N–H and O–H groups in total. The minimum atomic E-state index is -0.357. The number of halogens is 1. The summed E-state index contributed by atoms with van der Waals surface area (Å²) in [5, 5.41) is 3.45. The van der Waals surface area contributed by atoms with Crippen LogP contribution in [0.4, 0.5) is 4.39 Å². The summed E-state index contributed by atoms with van der Waals surface area (Å²) in [6, 6.07) is 11.5. The molecule has 3 aromatic rings. The number of hydrogen-bond acceptors (Lipinski definition) is 4. The average molecular weight is 338 g/mol. The molecule has 0 unspecified atom stereocenters. The fraction of sp³-hybridized carbons (Fsp3) is 0.158. The number of benzene rings is 2. The van der Waals surface area contributed by atoms with E-state index in [1.807, 2.05) is 18.2 Å². The third kappa shape index (κ3) is 2.98. The molecule has 0 bridgehead atoms. The molecule has 0 radical (unpaired) electrons. The Hall–Kier alpha value is -3.15. The smallest absolute Gasteiger partial charge is 0.253 e. The van der Waals surface area contributed by atoms with Crippen molar-refractivity contribution in [1.82, 2.24) is 10.3 Å². The number of aromatic nitrogens is 1. The Morgan fingerprint density at radius 2 is 2.00 bits per heavy atom. The number of fused-ring (bicyclic) bond motifs is 2. The molecule has 2 heterocycles. The molecule has 2 aromatic carbocycles. The molecule has 126 valence electrons. The van der Waals surface area contributed by atoms with Crippen LogP contribution in [0.15, 0.2) is 42.5 Å². The van der Waals surface area contributed by atoms with Crippen LogP contribution in [0.1, 0.15) is 21.6 Å². The standard InChI is InChI=1S/C19H15FN2O3/c1-11-15(8-13-7-14(20)3-4-16(13)22-11)19(23)21-9-12-2-5-17-18(6-12)25-10-24-17/h2-8H,9-10H2,1H3,(H,21,23). The Morgan fingerprint density at radius 1 is 1.16 bits per heavy atom. The number of nitrogens with zero attached hydrogens (tertiary/aromatic N) is 1. The van der Waals surface area contributed by atoms with E-state index in [0.717, 1.165) is 5.56 Å². The number of nitrogens with one attached hydrogen (secondary N) is 1. The van der Waals surface area contributed by atoms with Gasteiger partial charge in [0.2, 0.25) is 6.79 Å². The Balaban J connectivity index is 1.54. The van der Waals surface area contributed by atoms with Crippen molar-refractivity contribution in [3.63, 3.8) is 0 Å². The van der Waals surface area contributed by atoms with Gasteiger partial charge in [-0.2, -0.15) is 0 Å². The van der Waals surface area contributed by atoms with Gasteiger partial charge in [-0.15, -0.1) is 0 Å². The first-order valence-electron chi connectivity index (χ1n) is 7.84. The molecule has 0 spiro atoms. The topological polar surface area (TPSA) is 60.5 Å². The monoisotopic (exact) mass is 338 g/mol. The number of aryl methyl sites for hydroxylation is 1. The molecule has 0 aliphatic carbocycles. The van der Waals surface area contributed by atoms with Gasteiger partial charge in [0.15, 0.2) is 11.5 Å². The number of rotatable bonds is 3. The van der Waals surface area contributed by atoms with E-state index in [1.165, 1.54) is 12.1 Å². The normalized spacial score (nSPS) is 12.4. The SMILES string of the molecule is Cc1nc2ccc(F)cc2cc1C(=O)NCc1ccc2c(c1)OCO2. The highest BCUT2D eigenvalue weighted by atomic mass is 19.1. The van der Waals surface area contributed by atoms with Crippen LogP contribution in [0.2, 0.25) is 0 Å². The van der Waals surface area contributed by atoms with Gasteiger partial charge in [-0.25, -0.2) is 4.39 Å². The first-order chi connectivity index (χ1) is 12.1. The number of carbonyl (C=O) groups excluding carboxylic acids is 1. The van der Waals surface area contributed by atoms with Crippen LogP contribution in [-0.4, -0.2) is 17.7 Å². The largest absolute Gasteiger partial charge is 0.454 e. The molecule has 5 nitrogen and oxygen atoms in total. The van der Waals surface area contributed by atoms with Gasteiger partial charge in [0, 0.05) is 11.9 Å². The zero-order chi connectivity index (χ0) is 17.4. The molecular weight excluding hydrogens is 323 g/mol. The highest BCUT2D eigenvalue weighted by Gasteiger charge is 2.15. The van der Waals surface area contributed by atoms with Gasteiger partial charge >= 0.3 is 0 Å². The molecule has 25 heavy (non-hydrogen) atoms. The molecular formula is C19H15FN2O3. The van der Waals surface area contributed by atoms with Crippen molar-refractivity contribution >= 4 is 16.8 Å². The lowest BCUT2D eigenvalue weighted by Gasteiger charge is -2.09. The summed E-state index contributed by atoms with van der Waals surface area (Å²) in [4.78, 5) is 16.9. The second-order valence-electron chi connectivity index (χ2n) is 5.83. The van der Waals surface area contributed by atoms with Crippen molar-refractivity contribution in [3.8, 4) is 11.5 Å². The minimum absolute atomic E-state index is 0.212. The lowest BCUT2D eigenvalue weighted by atomic mass is 10.1. The van der Waals surface area contributed by atoms with Crippen LogP contribution >= 0.6 is 0 Å². The van der Waals surface area contributed by atoms with Crippen LogP contribution in [0.25, 0.3) is 10.9 Å². The van der Waals surface area contributed by atoms with Gasteiger partial charge in [0.05, 0.1) is 16.8 Å². The van der Waals surface area contributed by atoms with E-state index in [9.17, 15) is 9.18 Å². The molecule has 0 saturated carbocycles. The number of carbonyl (C=O) groups is 1. The lowest BCUT2D eigenvalue weighted by Crippen LogP contribution is -2.24. The van der Waals surface area contributed by atoms with Gasteiger partial charge in [0.1, 0.15) is 5.82 Å². The van der Waals surface area contributed by atoms with Crippen LogP contribution < -0.4 is 14.8 Å². The van der Waals surface area contributed by atoms with E-state index >= 15 is 0 Å². The first kappa shape index (κ1) is 15.4. The Bertz CT molecular complexity index is 988. The molecule has 1 aliphatic heterocycles. The van der Waals surface area contributed by atoms with Crippen LogP contribution in [0, 0.1) is 12.7 Å². The number of hydrogen-bond donors (Lipinski definition) is 1. The highest BCUT2D eigenvalue weighted by Crippen LogP contribution is 2.32. The summed E-state index contributed by atoms with van der Waals surface area (Å²) in [5.74, 6) is 0.760. The van der Waals surface area contributed by atoms with Gasteiger partial charge in [-0.1, -0.05) is 6.07 Å². The maximum Gasteiger partial charge on any atom is 0.253 e. The van der Waals surface area contributed by atoms with E-state index in [2.05, 4.69) is 10.3 Å². The molecule has 1 aliphatic rings. The van der Waals surface area contributed by atoms with Gasteiger partial charge in [-0.05, 0) is 48.9 Å². The molecule has 4 rings (SSSR count). The lowest BCUT2D eigenvalue weighted by molar-refractivity contribution is 0.0950. The molecule has 6 heteroatoms. The van der Waals surface area contributed by atoms with E-state index in [-0.39, 0.29) is 18.5 Å². The number of ether oxygens (including phenoxy) is 2. The molecule has 0 fully saturated rings. The van der Waals surface area contributed by atoms with E-state index < -0.39 is 0 Å². The van der Waals surface area contributed by atoms with Crippen LogP contribution in [-0.2, 0) is 6.54 Å². The van der Waals surface area contributed by atoms with Crippen molar-refractivity contribution < 1.29 is 18.7 Å². The second kappa shape index (κ2) is 6.05. The molecule has 1 aromatic heterocycles. The third-order valence-corrected chi connectivity index (χ3v) is 4.10. The average Bonchev–Trinajstić information content (AvgIpc) is 3.07. The van der Waals surface area contributed by atoms with Crippen molar-refractivity contribution in [2.45, 2.75) is 13.5 Å². The molecule has 0 atom stereocenters. The third-order valence-electron chi connectivity index (χ3n) is 4.10. The summed E-state index contributed by atoms with van der Waals surface area (Å²) < 4.78 is 24.0. The summed E-state index contributed by atoms with van der Waals surface area (Å²) in [6.45, 7) is 2.32. The van der Waals surface area contributed by atoms with Crippen LogP contribution in [0.5, 0.6) is 11.5 Å². The summed E-state index contributed by atoms with van der Waals surface area (Å²) in [5.41, 5.74) is 2.59. The molecule has 1 amide bonds. The minimum Gasteiger partial charge on any atom is -0.454 e. The summed E-state index contributed by atoms with van der Waals surface area (Å²) in [7, 11) is 0. The van der Waals surface area contributed by atoms with Crippen molar-refractivity contribution in [3.05, 3.63) is 65.1 Å². The zero-order valence-electron chi connectivity index (χ0n) is 13.5. The molecule has 0 saturated heterocycles. The van der Waals surface area contributed by atoms with E-state index in [4.69, 9.17) is 9.47 Å². The maximum absolute atomic E-state index is 13.4. The van der Waals surface area contributed by atoms with Gasteiger partial charge < -0.3 is 14.8 Å². The number of amides is 1. The number of pyridine rings is 1. The maximum atomic E-state index is 13.4. The quantitative estimate of drug-likeness (QED) is 0.796. The fourth-order valence-electron chi connectivity index (χ4n) is 2.80. The van der Waals surface area contributed by atoms with Crippen molar-refractivity contribution in [2.75, 3.05) is 6.79 Å². The highest BCUT2D eigenvalue weighted by molar-refractivity contribution is 5.98. The fourth-order valence-corrected chi connectivity index (χ4v) is 2.80. The summed E-state index contributed by atoms with van der Waals surface area (Å²) >= 11 is 0. The Kier molecular flexibility index (Phi) is 3.72. The Morgan fingerprint density at radius 3 is 2.88 bits per heavy atom. The van der Waals surface area contributed by atoms with Gasteiger partial charge in [-0.3, -0.25) is 9.78 Å². The van der Waals surface area contributed by atoms with Crippen LogP contribution in [0.3, 0.4) is 0 Å². The predicted molar refractivity (Wildman–Crippen MR) is 90.2 cm³/mol. The second-order valence-corrected chi connectivity index (χ2v) is 5.83. The Labute approximate surface area is 143 Å². The van der Waals surface area contributed by atoms with Crippen molar-refractivity contribution in [2.24, 2.45) is 0 Å². The van der Waals surface area contributed by atoms with E-state index in [0.29, 0.717) is 40.2 Å². The predicted octanol–water partition coefficient (Wildman–Crippen LogP) is 3.34. The van der Waals surface area contributed by atoms with Crippen molar-refractivity contribution in [1.29, 1.82) is 0 Å².